The minimum atomic E-state index is 0.383. The van der Waals surface area contributed by atoms with E-state index >= 15 is 0 Å². The fraction of sp³-hybridized carbons (Fsp3) is 0.889. The van der Waals surface area contributed by atoms with E-state index in [1.165, 1.54) is 0 Å². The van der Waals surface area contributed by atoms with Gasteiger partial charge in [-0.1, -0.05) is 5.16 Å². The first-order chi connectivity index (χ1) is 6.42. The van der Waals surface area contributed by atoms with Gasteiger partial charge >= 0.3 is 0 Å². The molecule has 0 aromatic rings. The van der Waals surface area contributed by atoms with Gasteiger partial charge in [-0.2, -0.15) is 0 Å². The van der Waals surface area contributed by atoms with Gasteiger partial charge in [-0.3, -0.25) is 4.90 Å². The van der Waals surface area contributed by atoms with Gasteiger partial charge in [-0.15, -0.1) is 0 Å². The van der Waals surface area contributed by atoms with E-state index in [0.717, 1.165) is 51.3 Å². The van der Waals surface area contributed by atoms with Crippen LogP contribution in [-0.4, -0.2) is 48.2 Å². The minimum absolute atomic E-state index is 0.383. The Bertz CT molecular complexity index is 200. The molecule has 1 saturated carbocycles. The summed E-state index contributed by atoms with van der Waals surface area (Å²) in [6.07, 6.45) is 3.25. The third kappa shape index (κ3) is 1.84. The van der Waals surface area contributed by atoms with Crippen molar-refractivity contribution in [2.45, 2.75) is 25.3 Å². The smallest absolute Gasteiger partial charge is 0.0742 e. The van der Waals surface area contributed by atoms with Crippen LogP contribution in [-0.2, 0) is 4.74 Å². The molecule has 4 nitrogen and oxygen atoms in total. The van der Waals surface area contributed by atoms with E-state index in [1.54, 1.807) is 0 Å². The average Bonchev–Trinajstić information content (AvgIpc) is 2.67. The van der Waals surface area contributed by atoms with Crippen molar-refractivity contribution in [3.8, 4) is 0 Å². The van der Waals surface area contributed by atoms with Crippen LogP contribution in [0.1, 0.15) is 19.3 Å². The molecule has 2 fully saturated rings. The van der Waals surface area contributed by atoms with Crippen LogP contribution < -0.4 is 0 Å². The maximum Gasteiger partial charge on any atom is 0.0742 e. The maximum absolute atomic E-state index is 8.80. The van der Waals surface area contributed by atoms with Gasteiger partial charge in [0.2, 0.25) is 0 Å². The number of rotatable bonds is 1. The van der Waals surface area contributed by atoms with E-state index in [9.17, 15) is 0 Å². The van der Waals surface area contributed by atoms with Gasteiger partial charge in [0, 0.05) is 13.1 Å². The molecule has 13 heavy (non-hydrogen) atoms. The molecule has 74 valence electrons. The Morgan fingerprint density at radius 2 is 2.15 bits per heavy atom. The molecule has 0 aromatic carbocycles. The van der Waals surface area contributed by atoms with Crippen molar-refractivity contribution in [1.82, 2.24) is 4.90 Å². The lowest BCUT2D eigenvalue weighted by atomic mass is 10.2. The summed E-state index contributed by atoms with van der Waals surface area (Å²) in [7, 11) is 0. The highest BCUT2D eigenvalue weighted by atomic mass is 16.5. The van der Waals surface area contributed by atoms with Crippen LogP contribution in [0.5, 0.6) is 0 Å². The van der Waals surface area contributed by atoms with Gasteiger partial charge in [0.1, 0.15) is 0 Å². The predicted molar refractivity (Wildman–Crippen MR) is 49.3 cm³/mol. The Hall–Kier alpha value is -0.610. The van der Waals surface area contributed by atoms with Gasteiger partial charge in [-0.25, -0.2) is 0 Å². The van der Waals surface area contributed by atoms with Crippen LogP contribution in [0, 0.1) is 0 Å². The van der Waals surface area contributed by atoms with Crippen LogP contribution >= 0.6 is 0 Å². The first-order valence-corrected chi connectivity index (χ1v) is 4.94. The number of ether oxygens (including phenoxy) is 1. The van der Waals surface area contributed by atoms with E-state index in [2.05, 4.69) is 10.1 Å². The molecule has 2 aliphatic rings. The summed E-state index contributed by atoms with van der Waals surface area (Å²) in [5.41, 5.74) is 0.960. The fourth-order valence-corrected chi connectivity index (χ4v) is 2.21. The maximum atomic E-state index is 8.80. The highest BCUT2D eigenvalue weighted by Gasteiger charge is 2.29. The van der Waals surface area contributed by atoms with Gasteiger partial charge in [0.05, 0.1) is 25.0 Å². The average molecular weight is 184 g/mol. The molecule has 0 amide bonds. The first-order valence-electron chi connectivity index (χ1n) is 4.94. The van der Waals surface area contributed by atoms with Crippen molar-refractivity contribution in [3.05, 3.63) is 0 Å². The van der Waals surface area contributed by atoms with E-state index in [-0.39, 0.29) is 0 Å². The monoisotopic (exact) mass is 184 g/mol. The van der Waals surface area contributed by atoms with Crippen LogP contribution in [0.2, 0.25) is 0 Å². The number of morpholine rings is 1. The topological polar surface area (TPSA) is 45.1 Å². The van der Waals surface area contributed by atoms with E-state index < -0.39 is 0 Å². The molecule has 0 aromatic heterocycles. The molecule has 1 N–H and O–H groups in total. The first kappa shape index (κ1) is 8.97. The van der Waals surface area contributed by atoms with Gasteiger partial charge in [0.15, 0.2) is 0 Å². The van der Waals surface area contributed by atoms with E-state index in [1.807, 2.05) is 0 Å². The van der Waals surface area contributed by atoms with Crippen molar-refractivity contribution >= 4 is 5.71 Å². The minimum Gasteiger partial charge on any atom is -0.411 e. The number of hydrogen-bond acceptors (Lipinski definition) is 4. The van der Waals surface area contributed by atoms with Crippen LogP contribution in [0.15, 0.2) is 5.16 Å². The Kier molecular flexibility index (Phi) is 2.80. The number of nitrogens with zero attached hydrogens (tertiary/aromatic N) is 2. The van der Waals surface area contributed by atoms with Crippen molar-refractivity contribution < 1.29 is 9.94 Å². The lowest BCUT2D eigenvalue weighted by Crippen LogP contribution is -2.45. The zero-order valence-electron chi connectivity index (χ0n) is 7.78. The zero-order chi connectivity index (χ0) is 9.10. The Balaban J connectivity index is 1.98. The van der Waals surface area contributed by atoms with Gasteiger partial charge in [0.25, 0.3) is 0 Å². The second kappa shape index (κ2) is 4.07. The summed E-state index contributed by atoms with van der Waals surface area (Å²) in [6, 6.07) is 0.383. The summed E-state index contributed by atoms with van der Waals surface area (Å²) in [6.45, 7) is 3.58. The van der Waals surface area contributed by atoms with Crippen LogP contribution in [0.3, 0.4) is 0 Å². The summed E-state index contributed by atoms with van der Waals surface area (Å²) in [5, 5.41) is 12.2. The van der Waals surface area contributed by atoms with Crippen LogP contribution in [0.4, 0.5) is 0 Å². The fourth-order valence-electron chi connectivity index (χ4n) is 2.21. The third-order valence-electron chi connectivity index (χ3n) is 2.91. The van der Waals surface area contributed by atoms with E-state index in [0.29, 0.717) is 6.04 Å². The quantitative estimate of drug-likeness (QED) is 0.482. The molecule has 4 heteroatoms. The molecule has 1 heterocycles. The third-order valence-corrected chi connectivity index (χ3v) is 2.91. The summed E-state index contributed by atoms with van der Waals surface area (Å²) < 4.78 is 5.28. The predicted octanol–water partition coefficient (Wildman–Crippen LogP) is 0.701. The van der Waals surface area contributed by atoms with Crippen molar-refractivity contribution in [2.75, 3.05) is 26.3 Å². The van der Waals surface area contributed by atoms with Gasteiger partial charge < -0.3 is 9.94 Å². The molecule has 2 rings (SSSR count). The molecule has 1 saturated heterocycles. The zero-order valence-corrected chi connectivity index (χ0v) is 7.78. The van der Waals surface area contributed by atoms with Crippen LogP contribution in [0.25, 0.3) is 0 Å². The SMILES string of the molecule is ON=C1CCCC1N1CCOCC1. The lowest BCUT2D eigenvalue weighted by Gasteiger charge is -2.31. The Morgan fingerprint density at radius 1 is 1.38 bits per heavy atom. The second-order valence-electron chi connectivity index (χ2n) is 3.65. The summed E-state index contributed by atoms with van der Waals surface area (Å²) in [4.78, 5) is 2.37. The highest BCUT2D eigenvalue weighted by molar-refractivity contribution is 5.90. The molecule has 1 aliphatic heterocycles. The Morgan fingerprint density at radius 3 is 2.85 bits per heavy atom. The van der Waals surface area contributed by atoms with E-state index in [4.69, 9.17) is 9.94 Å². The second-order valence-corrected chi connectivity index (χ2v) is 3.65. The van der Waals surface area contributed by atoms with Crippen molar-refractivity contribution in [3.63, 3.8) is 0 Å². The van der Waals surface area contributed by atoms with Crippen molar-refractivity contribution in [1.29, 1.82) is 0 Å². The lowest BCUT2D eigenvalue weighted by molar-refractivity contribution is 0.0287. The number of hydrogen-bond donors (Lipinski definition) is 1. The standard InChI is InChI=1S/C9H16N2O2/c12-10-8-2-1-3-9(8)11-4-6-13-7-5-11/h9,12H,1-7H2. The largest absolute Gasteiger partial charge is 0.411 e. The van der Waals surface area contributed by atoms with Gasteiger partial charge in [-0.05, 0) is 19.3 Å². The number of oxime groups is 1. The molecule has 0 radical (unpaired) electrons. The summed E-state index contributed by atoms with van der Waals surface area (Å²) in [5.74, 6) is 0. The summed E-state index contributed by atoms with van der Waals surface area (Å²) >= 11 is 0. The highest BCUT2D eigenvalue weighted by Crippen LogP contribution is 2.22. The molecule has 1 atom stereocenters. The molecular formula is C9H16N2O2. The van der Waals surface area contributed by atoms with Crippen molar-refractivity contribution in [2.24, 2.45) is 5.16 Å². The Labute approximate surface area is 78.2 Å². The normalized spacial score (nSPS) is 34.2. The molecular weight excluding hydrogens is 168 g/mol. The molecule has 0 spiro atoms. The molecule has 0 bridgehead atoms. The molecule has 1 aliphatic carbocycles. The molecule has 1 unspecified atom stereocenters.